The third-order valence-corrected chi connectivity index (χ3v) is 5.58. The SMILES string of the molecule is CC1(C)c2ccccc2-c2ccc(-c3cc(N)ccc3Br)cc21. The molecule has 1 aliphatic rings. The summed E-state index contributed by atoms with van der Waals surface area (Å²) in [5.74, 6) is 0. The Hall–Kier alpha value is -2.06. The lowest BCUT2D eigenvalue weighted by atomic mass is 9.81. The number of halogens is 1. The van der Waals surface area contributed by atoms with Gasteiger partial charge < -0.3 is 5.73 Å². The van der Waals surface area contributed by atoms with Crippen LogP contribution in [0.4, 0.5) is 5.69 Å². The van der Waals surface area contributed by atoms with Crippen LogP contribution in [0.1, 0.15) is 25.0 Å². The fraction of sp³-hybridized carbons (Fsp3) is 0.143. The number of anilines is 1. The van der Waals surface area contributed by atoms with E-state index in [0.717, 1.165) is 15.7 Å². The van der Waals surface area contributed by atoms with Crippen molar-refractivity contribution in [3.05, 3.63) is 76.3 Å². The van der Waals surface area contributed by atoms with Crippen LogP contribution in [0.3, 0.4) is 0 Å². The molecule has 0 heterocycles. The largest absolute Gasteiger partial charge is 0.399 e. The molecule has 0 unspecified atom stereocenters. The molecule has 0 amide bonds. The molecule has 0 aliphatic heterocycles. The van der Waals surface area contributed by atoms with Gasteiger partial charge in [0.15, 0.2) is 0 Å². The highest BCUT2D eigenvalue weighted by Gasteiger charge is 2.35. The van der Waals surface area contributed by atoms with Crippen molar-refractivity contribution in [1.82, 2.24) is 0 Å². The van der Waals surface area contributed by atoms with Crippen molar-refractivity contribution in [2.75, 3.05) is 5.73 Å². The molecule has 23 heavy (non-hydrogen) atoms. The number of nitrogen functional groups attached to an aromatic ring is 1. The highest BCUT2D eigenvalue weighted by atomic mass is 79.9. The molecule has 0 radical (unpaired) electrons. The van der Waals surface area contributed by atoms with E-state index in [1.807, 2.05) is 18.2 Å². The summed E-state index contributed by atoms with van der Waals surface area (Å²) in [6.45, 7) is 4.60. The third kappa shape index (κ3) is 2.13. The van der Waals surface area contributed by atoms with Gasteiger partial charge in [0.2, 0.25) is 0 Å². The topological polar surface area (TPSA) is 26.0 Å². The summed E-state index contributed by atoms with van der Waals surface area (Å²) < 4.78 is 1.07. The van der Waals surface area contributed by atoms with Gasteiger partial charge in [0, 0.05) is 15.6 Å². The van der Waals surface area contributed by atoms with Gasteiger partial charge in [0.1, 0.15) is 0 Å². The molecule has 2 heteroatoms. The first-order valence-corrected chi connectivity index (χ1v) is 8.57. The van der Waals surface area contributed by atoms with Crippen LogP contribution in [-0.2, 0) is 5.41 Å². The number of hydrogen-bond acceptors (Lipinski definition) is 1. The van der Waals surface area contributed by atoms with E-state index in [4.69, 9.17) is 5.73 Å². The average molecular weight is 364 g/mol. The predicted octanol–water partition coefficient (Wildman–Crippen LogP) is 6.00. The molecule has 1 nitrogen and oxygen atoms in total. The summed E-state index contributed by atoms with van der Waals surface area (Å²) in [7, 11) is 0. The van der Waals surface area contributed by atoms with Crippen molar-refractivity contribution in [1.29, 1.82) is 0 Å². The predicted molar refractivity (Wildman–Crippen MR) is 102 cm³/mol. The van der Waals surface area contributed by atoms with E-state index in [9.17, 15) is 0 Å². The molecule has 114 valence electrons. The molecule has 0 aromatic heterocycles. The standard InChI is InChI=1S/C21H18BrN/c1-21(2)18-6-4-3-5-15(18)16-9-7-13(11-19(16)21)17-12-14(23)8-10-20(17)22/h3-12H,23H2,1-2H3. The lowest BCUT2D eigenvalue weighted by molar-refractivity contribution is 0.660. The molecule has 1 aliphatic carbocycles. The van der Waals surface area contributed by atoms with Crippen LogP contribution in [-0.4, -0.2) is 0 Å². The summed E-state index contributed by atoms with van der Waals surface area (Å²) in [6, 6.07) is 21.4. The van der Waals surface area contributed by atoms with E-state index in [1.165, 1.54) is 27.8 Å². The maximum Gasteiger partial charge on any atom is 0.0321 e. The minimum absolute atomic E-state index is 0.0226. The van der Waals surface area contributed by atoms with Crippen molar-refractivity contribution in [3.8, 4) is 22.3 Å². The second kappa shape index (κ2) is 4.97. The van der Waals surface area contributed by atoms with Gasteiger partial charge in [-0.2, -0.15) is 0 Å². The van der Waals surface area contributed by atoms with Gasteiger partial charge in [-0.3, -0.25) is 0 Å². The number of hydrogen-bond donors (Lipinski definition) is 1. The Morgan fingerprint density at radius 1 is 0.783 bits per heavy atom. The Bertz CT molecular complexity index is 925. The molecule has 2 N–H and O–H groups in total. The number of fused-ring (bicyclic) bond motifs is 3. The zero-order valence-corrected chi connectivity index (χ0v) is 14.8. The highest BCUT2D eigenvalue weighted by Crippen LogP contribution is 2.49. The zero-order valence-electron chi connectivity index (χ0n) is 13.2. The Labute approximate surface area is 145 Å². The van der Waals surface area contributed by atoms with Gasteiger partial charge in [-0.25, -0.2) is 0 Å². The summed E-state index contributed by atoms with van der Waals surface area (Å²) in [4.78, 5) is 0. The lowest BCUT2D eigenvalue weighted by Crippen LogP contribution is -2.14. The molecule has 0 bridgehead atoms. The van der Waals surface area contributed by atoms with Crippen LogP contribution in [0, 0.1) is 0 Å². The van der Waals surface area contributed by atoms with Gasteiger partial charge >= 0.3 is 0 Å². The van der Waals surface area contributed by atoms with Crippen LogP contribution in [0.25, 0.3) is 22.3 Å². The zero-order chi connectivity index (χ0) is 16.2. The van der Waals surface area contributed by atoms with Crippen LogP contribution >= 0.6 is 15.9 Å². The van der Waals surface area contributed by atoms with Gasteiger partial charge in [-0.05, 0) is 57.6 Å². The second-order valence-corrected chi connectivity index (χ2v) is 7.52. The molecule has 3 aromatic carbocycles. The summed E-state index contributed by atoms with van der Waals surface area (Å²) in [5, 5.41) is 0. The molecule has 0 atom stereocenters. The monoisotopic (exact) mass is 363 g/mol. The van der Waals surface area contributed by atoms with Crippen molar-refractivity contribution < 1.29 is 0 Å². The smallest absolute Gasteiger partial charge is 0.0321 e. The fourth-order valence-corrected chi connectivity index (χ4v) is 4.11. The molecule has 3 aromatic rings. The van der Waals surface area contributed by atoms with Crippen LogP contribution in [0.5, 0.6) is 0 Å². The molecule has 0 fully saturated rings. The van der Waals surface area contributed by atoms with E-state index < -0.39 is 0 Å². The minimum atomic E-state index is 0.0226. The lowest BCUT2D eigenvalue weighted by Gasteiger charge is -2.22. The normalized spacial score (nSPS) is 14.4. The maximum atomic E-state index is 5.98. The number of benzene rings is 3. The van der Waals surface area contributed by atoms with Crippen LogP contribution < -0.4 is 5.73 Å². The van der Waals surface area contributed by atoms with Gasteiger partial charge in [0.05, 0.1) is 0 Å². The first-order valence-electron chi connectivity index (χ1n) is 7.78. The average Bonchev–Trinajstić information content (AvgIpc) is 2.78. The maximum absolute atomic E-state index is 5.98. The van der Waals surface area contributed by atoms with E-state index in [1.54, 1.807) is 0 Å². The Kier molecular flexibility index (Phi) is 3.14. The van der Waals surface area contributed by atoms with E-state index in [0.29, 0.717) is 0 Å². The summed E-state index contributed by atoms with van der Waals surface area (Å²) >= 11 is 3.65. The van der Waals surface area contributed by atoms with Crippen LogP contribution in [0.15, 0.2) is 65.1 Å². The summed E-state index contributed by atoms with van der Waals surface area (Å²) in [5.41, 5.74) is 14.6. The van der Waals surface area contributed by atoms with Crippen molar-refractivity contribution >= 4 is 21.6 Å². The van der Waals surface area contributed by atoms with E-state index in [-0.39, 0.29) is 5.41 Å². The Morgan fingerprint density at radius 3 is 2.35 bits per heavy atom. The summed E-state index contributed by atoms with van der Waals surface area (Å²) in [6.07, 6.45) is 0. The molecular weight excluding hydrogens is 346 g/mol. The van der Waals surface area contributed by atoms with Crippen molar-refractivity contribution in [2.45, 2.75) is 19.3 Å². The number of rotatable bonds is 1. The Balaban J connectivity index is 1.94. The van der Waals surface area contributed by atoms with E-state index in [2.05, 4.69) is 72.2 Å². The highest BCUT2D eigenvalue weighted by molar-refractivity contribution is 9.10. The molecule has 0 saturated heterocycles. The van der Waals surface area contributed by atoms with E-state index >= 15 is 0 Å². The first-order chi connectivity index (χ1) is 11.0. The fourth-order valence-electron chi connectivity index (χ4n) is 3.64. The first kappa shape index (κ1) is 14.5. The number of nitrogens with two attached hydrogens (primary N) is 1. The quantitative estimate of drug-likeness (QED) is 0.526. The Morgan fingerprint density at radius 2 is 1.52 bits per heavy atom. The second-order valence-electron chi connectivity index (χ2n) is 6.67. The van der Waals surface area contributed by atoms with Crippen molar-refractivity contribution in [2.24, 2.45) is 0 Å². The van der Waals surface area contributed by atoms with Crippen LogP contribution in [0.2, 0.25) is 0 Å². The van der Waals surface area contributed by atoms with Crippen molar-refractivity contribution in [3.63, 3.8) is 0 Å². The molecule has 4 rings (SSSR count). The van der Waals surface area contributed by atoms with Gasteiger partial charge in [-0.15, -0.1) is 0 Å². The van der Waals surface area contributed by atoms with Gasteiger partial charge in [-0.1, -0.05) is 66.2 Å². The molecule has 0 saturated carbocycles. The molecule has 0 spiro atoms. The molecular formula is C21H18BrN. The minimum Gasteiger partial charge on any atom is -0.399 e. The van der Waals surface area contributed by atoms with Gasteiger partial charge in [0.25, 0.3) is 0 Å². The third-order valence-electron chi connectivity index (χ3n) is 4.88.